The summed E-state index contributed by atoms with van der Waals surface area (Å²) in [5.74, 6) is -0.376. The van der Waals surface area contributed by atoms with E-state index in [1.54, 1.807) is 10.7 Å². The molecular weight excluding hydrogens is 277 g/mol. The van der Waals surface area contributed by atoms with E-state index >= 15 is 0 Å². The smallest absolute Gasteiger partial charge is 0.142 e. The van der Waals surface area contributed by atoms with Crippen molar-refractivity contribution in [3.63, 3.8) is 0 Å². The van der Waals surface area contributed by atoms with Crippen molar-refractivity contribution in [1.82, 2.24) is 15.1 Å². The number of nitrogens with zero attached hydrogens (tertiary/aromatic N) is 2. The second-order valence-electron chi connectivity index (χ2n) is 4.84. The van der Waals surface area contributed by atoms with E-state index < -0.39 is 0 Å². The van der Waals surface area contributed by atoms with Crippen LogP contribution in [0.2, 0.25) is 5.02 Å². The van der Waals surface area contributed by atoms with Crippen LogP contribution in [-0.4, -0.2) is 16.3 Å². The molecule has 0 fully saturated rings. The van der Waals surface area contributed by atoms with Crippen molar-refractivity contribution in [3.8, 4) is 0 Å². The summed E-state index contributed by atoms with van der Waals surface area (Å²) >= 11 is 6.04. The fourth-order valence-corrected chi connectivity index (χ4v) is 2.35. The molecule has 0 saturated heterocycles. The van der Waals surface area contributed by atoms with Gasteiger partial charge in [0.15, 0.2) is 0 Å². The normalized spacial score (nSPS) is 12.6. The van der Waals surface area contributed by atoms with Gasteiger partial charge in [-0.05, 0) is 37.1 Å². The van der Waals surface area contributed by atoms with Gasteiger partial charge in [0.05, 0.1) is 16.8 Å². The molecule has 5 heteroatoms. The van der Waals surface area contributed by atoms with Gasteiger partial charge in [-0.25, -0.2) is 4.39 Å². The molecule has 0 spiro atoms. The predicted molar refractivity (Wildman–Crippen MR) is 79.4 cm³/mol. The molecule has 1 N–H and O–H groups in total. The first-order valence-electron chi connectivity index (χ1n) is 6.77. The second kappa shape index (κ2) is 6.86. The quantitative estimate of drug-likeness (QED) is 0.884. The average molecular weight is 296 g/mol. The maximum atomic E-state index is 13.5. The molecule has 3 nitrogen and oxygen atoms in total. The predicted octanol–water partition coefficient (Wildman–Crippen LogP) is 3.50. The fourth-order valence-electron chi connectivity index (χ4n) is 2.14. The summed E-state index contributed by atoms with van der Waals surface area (Å²) in [6, 6.07) is 6.93. The Hall–Kier alpha value is -1.39. The molecule has 1 aromatic heterocycles. The summed E-state index contributed by atoms with van der Waals surface area (Å²) < 4.78 is 15.3. The van der Waals surface area contributed by atoms with E-state index in [-0.39, 0.29) is 16.9 Å². The Morgan fingerprint density at radius 2 is 2.20 bits per heavy atom. The summed E-state index contributed by atoms with van der Waals surface area (Å²) in [6.07, 6.45) is 3.55. The van der Waals surface area contributed by atoms with Gasteiger partial charge in [0.25, 0.3) is 0 Å². The Morgan fingerprint density at radius 1 is 1.40 bits per heavy atom. The van der Waals surface area contributed by atoms with Crippen molar-refractivity contribution in [2.45, 2.75) is 25.8 Å². The lowest BCUT2D eigenvalue weighted by atomic mass is 10.0. The number of hydrogen-bond acceptors (Lipinski definition) is 2. The Kier molecular flexibility index (Phi) is 5.15. The lowest BCUT2D eigenvalue weighted by Gasteiger charge is -2.17. The highest BCUT2D eigenvalue weighted by atomic mass is 35.5. The van der Waals surface area contributed by atoms with Crippen LogP contribution < -0.4 is 5.32 Å². The first-order chi connectivity index (χ1) is 9.61. The topological polar surface area (TPSA) is 29.9 Å². The Labute approximate surface area is 123 Å². The van der Waals surface area contributed by atoms with Gasteiger partial charge in [-0.2, -0.15) is 5.10 Å². The minimum absolute atomic E-state index is 0.0375. The molecule has 0 aliphatic rings. The van der Waals surface area contributed by atoms with Gasteiger partial charge < -0.3 is 5.32 Å². The third kappa shape index (κ3) is 3.58. The van der Waals surface area contributed by atoms with Crippen LogP contribution in [0.5, 0.6) is 0 Å². The van der Waals surface area contributed by atoms with E-state index in [1.807, 2.05) is 25.4 Å². The Balaban J connectivity index is 2.21. The second-order valence-corrected chi connectivity index (χ2v) is 5.22. The number of aryl methyl sites for hydroxylation is 1. The third-order valence-electron chi connectivity index (χ3n) is 3.19. The zero-order valence-corrected chi connectivity index (χ0v) is 12.5. The SMILES string of the molecule is CCCNC(Cc1cccc(F)c1Cl)c1ccn(C)n1. The molecule has 0 radical (unpaired) electrons. The fraction of sp³-hybridized carbons (Fsp3) is 0.400. The van der Waals surface area contributed by atoms with Crippen molar-refractivity contribution in [2.75, 3.05) is 6.54 Å². The van der Waals surface area contributed by atoms with Crippen LogP contribution in [-0.2, 0) is 13.5 Å². The number of hydrogen-bond donors (Lipinski definition) is 1. The molecule has 0 aliphatic heterocycles. The van der Waals surface area contributed by atoms with Gasteiger partial charge in [0.1, 0.15) is 5.82 Å². The molecule has 1 atom stereocenters. The molecule has 108 valence electrons. The summed E-state index contributed by atoms with van der Waals surface area (Å²) in [5, 5.41) is 8.07. The number of aromatic nitrogens is 2. The molecule has 1 heterocycles. The van der Waals surface area contributed by atoms with E-state index in [1.165, 1.54) is 6.07 Å². The van der Waals surface area contributed by atoms with Gasteiger partial charge in [0.2, 0.25) is 0 Å². The molecule has 0 aliphatic carbocycles. The van der Waals surface area contributed by atoms with Gasteiger partial charge in [-0.3, -0.25) is 4.68 Å². The average Bonchev–Trinajstić information content (AvgIpc) is 2.86. The van der Waals surface area contributed by atoms with Gasteiger partial charge >= 0.3 is 0 Å². The van der Waals surface area contributed by atoms with Crippen LogP contribution in [0.1, 0.15) is 30.6 Å². The van der Waals surface area contributed by atoms with E-state index in [0.717, 1.165) is 24.2 Å². The van der Waals surface area contributed by atoms with E-state index in [0.29, 0.717) is 6.42 Å². The van der Waals surface area contributed by atoms with Gasteiger partial charge in [-0.15, -0.1) is 0 Å². The van der Waals surface area contributed by atoms with Crippen LogP contribution in [0.15, 0.2) is 30.5 Å². The van der Waals surface area contributed by atoms with Crippen molar-refractivity contribution < 1.29 is 4.39 Å². The first kappa shape index (κ1) is 15.0. The maximum Gasteiger partial charge on any atom is 0.142 e. The summed E-state index contributed by atoms with van der Waals surface area (Å²) in [5.41, 5.74) is 1.74. The molecule has 1 unspecified atom stereocenters. The molecule has 0 bridgehead atoms. The largest absolute Gasteiger partial charge is 0.308 e. The molecule has 0 saturated carbocycles. The molecule has 1 aromatic carbocycles. The Morgan fingerprint density at radius 3 is 2.85 bits per heavy atom. The van der Waals surface area contributed by atoms with Crippen LogP contribution in [0.4, 0.5) is 4.39 Å². The van der Waals surface area contributed by atoms with Crippen LogP contribution in [0.25, 0.3) is 0 Å². The monoisotopic (exact) mass is 295 g/mol. The summed E-state index contributed by atoms with van der Waals surface area (Å²) in [7, 11) is 1.88. The number of halogens is 2. The van der Waals surface area contributed by atoms with Crippen molar-refractivity contribution in [3.05, 3.63) is 52.6 Å². The number of nitrogens with one attached hydrogen (secondary N) is 1. The van der Waals surface area contributed by atoms with Crippen LogP contribution in [0.3, 0.4) is 0 Å². The summed E-state index contributed by atoms with van der Waals surface area (Å²) in [4.78, 5) is 0. The van der Waals surface area contributed by atoms with E-state index in [9.17, 15) is 4.39 Å². The standard InChI is InChI=1S/C15H19ClFN3/c1-3-8-18-14(13-7-9-20(2)19-13)10-11-5-4-6-12(17)15(11)16/h4-7,9,14,18H,3,8,10H2,1-2H3. The molecule has 0 amide bonds. The van der Waals surface area contributed by atoms with Gasteiger partial charge in [-0.1, -0.05) is 30.7 Å². The third-order valence-corrected chi connectivity index (χ3v) is 3.61. The van der Waals surface area contributed by atoms with Crippen LogP contribution >= 0.6 is 11.6 Å². The Bertz CT molecular complexity index is 568. The summed E-state index contributed by atoms with van der Waals surface area (Å²) in [6.45, 7) is 2.99. The van der Waals surface area contributed by atoms with E-state index in [2.05, 4.69) is 17.3 Å². The van der Waals surface area contributed by atoms with Crippen molar-refractivity contribution in [1.29, 1.82) is 0 Å². The highest BCUT2D eigenvalue weighted by molar-refractivity contribution is 6.31. The minimum Gasteiger partial charge on any atom is -0.308 e. The number of benzene rings is 1. The lowest BCUT2D eigenvalue weighted by Crippen LogP contribution is -2.24. The van der Waals surface area contributed by atoms with Crippen LogP contribution in [0, 0.1) is 5.82 Å². The zero-order chi connectivity index (χ0) is 14.5. The van der Waals surface area contributed by atoms with Gasteiger partial charge in [0, 0.05) is 13.2 Å². The van der Waals surface area contributed by atoms with Crippen molar-refractivity contribution in [2.24, 2.45) is 7.05 Å². The number of rotatable bonds is 6. The minimum atomic E-state index is -0.376. The highest BCUT2D eigenvalue weighted by Crippen LogP contribution is 2.25. The molecule has 20 heavy (non-hydrogen) atoms. The molecular formula is C15H19ClFN3. The molecule has 2 rings (SSSR count). The zero-order valence-electron chi connectivity index (χ0n) is 11.7. The first-order valence-corrected chi connectivity index (χ1v) is 7.15. The molecule has 2 aromatic rings. The maximum absolute atomic E-state index is 13.5. The van der Waals surface area contributed by atoms with E-state index in [4.69, 9.17) is 11.6 Å². The van der Waals surface area contributed by atoms with Crippen molar-refractivity contribution >= 4 is 11.6 Å². The highest BCUT2D eigenvalue weighted by Gasteiger charge is 2.17. The lowest BCUT2D eigenvalue weighted by molar-refractivity contribution is 0.509.